The lowest BCUT2D eigenvalue weighted by atomic mass is 10.2. The number of anilines is 3. The Morgan fingerprint density at radius 1 is 1.11 bits per heavy atom. The van der Waals surface area contributed by atoms with Gasteiger partial charge in [0.2, 0.25) is 5.91 Å². The summed E-state index contributed by atoms with van der Waals surface area (Å²) in [6, 6.07) is 9.85. The average Bonchev–Trinajstić information content (AvgIpc) is 2.59. The summed E-state index contributed by atoms with van der Waals surface area (Å²) in [7, 11) is 0. The fourth-order valence-corrected chi connectivity index (χ4v) is 2.12. The molecule has 0 heterocycles. The number of carbonyl (C=O) groups is 3. The molecular weight excluding hydrogens is 356 g/mol. The highest BCUT2D eigenvalue weighted by atomic mass is 16.6. The van der Waals surface area contributed by atoms with Crippen LogP contribution in [0.4, 0.5) is 22.7 Å². The Morgan fingerprint density at radius 2 is 1.78 bits per heavy atom. The second-order valence-corrected chi connectivity index (χ2v) is 5.42. The zero-order valence-electron chi connectivity index (χ0n) is 14.2. The molecule has 0 saturated carbocycles. The van der Waals surface area contributed by atoms with Gasteiger partial charge in [0.05, 0.1) is 10.5 Å². The number of nitrogens with one attached hydrogen (secondary N) is 2. The minimum absolute atomic E-state index is 0.0895. The third-order valence-electron chi connectivity index (χ3n) is 3.26. The van der Waals surface area contributed by atoms with Gasteiger partial charge in [-0.05, 0) is 30.3 Å². The van der Waals surface area contributed by atoms with E-state index in [1.807, 2.05) is 0 Å². The molecule has 0 aromatic heterocycles. The van der Waals surface area contributed by atoms with Crippen LogP contribution < -0.4 is 16.4 Å². The number of nitrogen functional groups attached to an aromatic ring is 1. The van der Waals surface area contributed by atoms with E-state index in [9.17, 15) is 24.5 Å². The van der Waals surface area contributed by atoms with Gasteiger partial charge < -0.3 is 21.1 Å². The van der Waals surface area contributed by atoms with Crippen molar-refractivity contribution in [3.63, 3.8) is 0 Å². The molecule has 0 saturated heterocycles. The second kappa shape index (κ2) is 8.43. The van der Waals surface area contributed by atoms with Crippen LogP contribution in [0.2, 0.25) is 0 Å². The number of ether oxygens (including phenoxy) is 1. The van der Waals surface area contributed by atoms with Crippen LogP contribution in [0.1, 0.15) is 17.3 Å². The average molecular weight is 372 g/mol. The van der Waals surface area contributed by atoms with Crippen molar-refractivity contribution >= 4 is 40.5 Å². The maximum Gasteiger partial charge on any atom is 0.338 e. The lowest BCUT2D eigenvalue weighted by Crippen LogP contribution is -2.21. The number of nitro benzene ring substituents is 1. The number of nitrogens with zero attached hydrogens (tertiary/aromatic N) is 1. The zero-order chi connectivity index (χ0) is 20.0. The molecule has 10 heteroatoms. The molecule has 0 unspecified atom stereocenters. The van der Waals surface area contributed by atoms with Gasteiger partial charge in [0.15, 0.2) is 6.61 Å². The number of carbonyl (C=O) groups excluding carboxylic acids is 3. The third-order valence-corrected chi connectivity index (χ3v) is 3.26. The first-order chi connectivity index (χ1) is 12.8. The molecule has 140 valence electrons. The Hall–Kier alpha value is -3.95. The van der Waals surface area contributed by atoms with Crippen LogP contribution in [0.5, 0.6) is 0 Å². The van der Waals surface area contributed by atoms with E-state index in [-0.39, 0.29) is 17.2 Å². The molecule has 2 aromatic rings. The van der Waals surface area contributed by atoms with Gasteiger partial charge in [-0.3, -0.25) is 19.7 Å². The summed E-state index contributed by atoms with van der Waals surface area (Å²) in [6.45, 7) is 0.758. The van der Waals surface area contributed by atoms with Crippen LogP contribution in [0.25, 0.3) is 0 Å². The summed E-state index contributed by atoms with van der Waals surface area (Å²) in [6.07, 6.45) is 0. The number of esters is 1. The van der Waals surface area contributed by atoms with Crippen LogP contribution >= 0.6 is 0 Å². The van der Waals surface area contributed by atoms with E-state index in [1.54, 1.807) is 18.2 Å². The summed E-state index contributed by atoms with van der Waals surface area (Å²) in [5.74, 6) is -1.78. The van der Waals surface area contributed by atoms with Crippen LogP contribution in [-0.4, -0.2) is 29.3 Å². The molecule has 0 atom stereocenters. The molecule has 27 heavy (non-hydrogen) atoms. The Morgan fingerprint density at radius 3 is 2.41 bits per heavy atom. The summed E-state index contributed by atoms with van der Waals surface area (Å²) < 4.78 is 4.85. The molecule has 0 radical (unpaired) electrons. The van der Waals surface area contributed by atoms with Crippen LogP contribution in [0.3, 0.4) is 0 Å². The van der Waals surface area contributed by atoms with Gasteiger partial charge in [0.1, 0.15) is 5.69 Å². The van der Waals surface area contributed by atoms with Crippen molar-refractivity contribution in [1.82, 2.24) is 0 Å². The summed E-state index contributed by atoms with van der Waals surface area (Å²) in [4.78, 5) is 45.0. The molecule has 0 spiro atoms. The largest absolute Gasteiger partial charge is 0.452 e. The lowest BCUT2D eigenvalue weighted by Gasteiger charge is -2.09. The monoisotopic (exact) mass is 372 g/mol. The third kappa shape index (κ3) is 5.53. The highest BCUT2D eigenvalue weighted by Gasteiger charge is 2.17. The van der Waals surface area contributed by atoms with Gasteiger partial charge in [-0.1, -0.05) is 6.07 Å². The summed E-state index contributed by atoms with van der Waals surface area (Å²) in [5.41, 5.74) is 5.73. The molecule has 2 rings (SSSR count). The first-order valence-electron chi connectivity index (χ1n) is 7.65. The quantitative estimate of drug-likeness (QED) is 0.303. The van der Waals surface area contributed by atoms with E-state index in [4.69, 9.17) is 10.5 Å². The van der Waals surface area contributed by atoms with E-state index >= 15 is 0 Å². The highest BCUT2D eigenvalue weighted by molar-refractivity contribution is 5.97. The molecule has 10 nitrogen and oxygen atoms in total. The highest BCUT2D eigenvalue weighted by Crippen LogP contribution is 2.22. The topological polar surface area (TPSA) is 154 Å². The summed E-state index contributed by atoms with van der Waals surface area (Å²) >= 11 is 0. The van der Waals surface area contributed by atoms with Gasteiger partial charge in [0.25, 0.3) is 11.6 Å². The van der Waals surface area contributed by atoms with E-state index < -0.39 is 29.1 Å². The molecule has 0 aliphatic heterocycles. The van der Waals surface area contributed by atoms with Gasteiger partial charge in [-0.25, -0.2) is 4.79 Å². The fraction of sp³-hybridized carbons (Fsp3) is 0.118. The minimum atomic E-state index is -0.903. The van der Waals surface area contributed by atoms with Crippen molar-refractivity contribution in [2.45, 2.75) is 6.92 Å². The van der Waals surface area contributed by atoms with Gasteiger partial charge >= 0.3 is 5.97 Å². The first kappa shape index (κ1) is 19.4. The number of nitro groups is 1. The van der Waals surface area contributed by atoms with Crippen LogP contribution in [-0.2, 0) is 14.3 Å². The fourth-order valence-electron chi connectivity index (χ4n) is 2.12. The molecule has 0 aliphatic carbocycles. The Bertz CT molecular complexity index is 912. The van der Waals surface area contributed by atoms with E-state index in [1.165, 1.54) is 25.1 Å². The van der Waals surface area contributed by atoms with Gasteiger partial charge in [0, 0.05) is 24.4 Å². The molecular formula is C17H16N4O6. The molecule has 4 N–H and O–H groups in total. The Balaban J connectivity index is 1.95. The molecule has 2 amide bonds. The predicted molar refractivity (Wildman–Crippen MR) is 97.2 cm³/mol. The predicted octanol–water partition coefficient (Wildman–Crippen LogP) is 1.93. The SMILES string of the molecule is CC(=O)Nc1cccc(NC(=O)COC(=O)c2ccc(N)c([N+](=O)[O-])c2)c1. The van der Waals surface area contributed by atoms with Crippen molar-refractivity contribution in [2.24, 2.45) is 0 Å². The van der Waals surface area contributed by atoms with Crippen molar-refractivity contribution in [3.8, 4) is 0 Å². The van der Waals surface area contributed by atoms with Crippen molar-refractivity contribution in [3.05, 3.63) is 58.1 Å². The van der Waals surface area contributed by atoms with E-state index in [2.05, 4.69) is 10.6 Å². The maximum atomic E-state index is 11.9. The number of benzene rings is 2. The number of hydrogen-bond donors (Lipinski definition) is 3. The molecule has 0 aliphatic rings. The number of hydrogen-bond acceptors (Lipinski definition) is 7. The normalized spacial score (nSPS) is 9.96. The van der Waals surface area contributed by atoms with E-state index in [0.29, 0.717) is 11.4 Å². The number of nitrogens with two attached hydrogens (primary N) is 1. The van der Waals surface area contributed by atoms with E-state index in [0.717, 1.165) is 6.07 Å². The minimum Gasteiger partial charge on any atom is -0.452 e. The molecule has 0 fully saturated rings. The maximum absolute atomic E-state index is 11.9. The number of rotatable bonds is 6. The van der Waals surface area contributed by atoms with Gasteiger partial charge in [-0.15, -0.1) is 0 Å². The van der Waals surface area contributed by atoms with Crippen molar-refractivity contribution in [2.75, 3.05) is 23.0 Å². The smallest absolute Gasteiger partial charge is 0.338 e. The number of amides is 2. The van der Waals surface area contributed by atoms with Crippen LogP contribution in [0, 0.1) is 10.1 Å². The summed E-state index contributed by atoms with van der Waals surface area (Å²) in [5, 5.41) is 15.9. The first-order valence-corrected chi connectivity index (χ1v) is 7.65. The van der Waals surface area contributed by atoms with Crippen molar-refractivity contribution in [1.29, 1.82) is 0 Å². The second-order valence-electron chi connectivity index (χ2n) is 5.42. The molecule has 2 aromatic carbocycles. The lowest BCUT2D eigenvalue weighted by molar-refractivity contribution is -0.383. The van der Waals surface area contributed by atoms with Gasteiger partial charge in [-0.2, -0.15) is 0 Å². The molecule has 0 bridgehead atoms. The van der Waals surface area contributed by atoms with Crippen molar-refractivity contribution < 1.29 is 24.0 Å². The standard InChI is InChI=1S/C17H16N4O6/c1-10(22)19-12-3-2-4-13(8-12)20-16(23)9-27-17(24)11-5-6-14(18)15(7-11)21(25)26/h2-8H,9,18H2,1H3,(H,19,22)(H,20,23). The van der Waals surface area contributed by atoms with Crippen LogP contribution in [0.15, 0.2) is 42.5 Å². The Kier molecular flexibility index (Phi) is 6.05. The Labute approximate surface area is 153 Å². The zero-order valence-corrected chi connectivity index (χ0v) is 14.2.